The van der Waals surface area contributed by atoms with Crippen LogP contribution in [0, 0.1) is 0 Å². The first-order chi connectivity index (χ1) is 15.5. The number of likely N-dealkylation sites (tertiary alicyclic amines) is 1. The molecule has 10 nitrogen and oxygen atoms in total. The van der Waals surface area contributed by atoms with Crippen LogP contribution in [-0.2, 0) is 21.4 Å². The maximum atomic E-state index is 13.1. The minimum Gasteiger partial charge on any atom is -0.444 e. The molecule has 2 aliphatic rings. The quantitative estimate of drug-likeness (QED) is 0.683. The van der Waals surface area contributed by atoms with Crippen LogP contribution in [0.2, 0.25) is 0 Å². The summed E-state index contributed by atoms with van der Waals surface area (Å²) in [6, 6.07) is 4.99. The molecule has 2 N–H and O–H groups in total. The van der Waals surface area contributed by atoms with Crippen LogP contribution in [0.5, 0.6) is 0 Å². The van der Waals surface area contributed by atoms with E-state index >= 15 is 0 Å². The standard InChI is InChI=1S/C23H31N5O5/c1-23(2,3)33-22(32)27-12-10-14(11-13-27)24-15-6-5-7-16-19(15)26(4)21(31)28(16)17-8-9-18(29)25-20(17)30/h5-7,14,17,24H,8-13H2,1-4H3,(H,25,29,30). The number of anilines is 1. The Hall–Kier alpha value is -3.30. The number of fused-ring (bicyclic) bond motifs is 1. The van der Waals surface area contributed by atoms with Gasteiger partial charge in [0.15, 0.2) is 0 Å². The van der Waals surface area contributed by atoms with Gasteiger partial charge in [-0.2, -0.15) is 0 Å². The molecule has 2 aliphatic heterocycles. The maximum Gasteiger partial charge on any atom is 0.410 e. The molecule has 1 unspecified atom stereocenters. The molecule has 2 saturated heterocycles. The Morgan fingerprint density at radius 2 is 1.82 bits per heavy atom. The van der Waals surface area contributed by atoms with Crippen molar-refractivity contribution in [2.24, 2.45) is 7.05 Å². The van der Waals surface area contributed by atoms with Crippen molar-refractivity contribution in [1.29, 1.82) is 0 Å². The zero-order valence-corrected chi connectivity index (χ0v) is 19.5. The molecule has 0 aliphatic carbocycles. The molecule has 3 amide bonds. The van der Waals surface area contributed by atoms with E-state index in [0.717, 1.165) is 18.5 Å². The predicted molar refractivity (Wildman–Crippen MR) is 123 cm³/mol. The lowest BCUT2D eigenvalue weighted by molar-refractivity contribution is -0.135. The number of imidazole rings is 1. The van der Waals surface area contributed by atoms with Crippen LogP contribution in [0.4, 0.5) is 10.5 Å². The van der Waals surface area contributed by atoms with E-state index in [1.807, 2.05) is 39.0 Å². The lowest BCUT2D eigenvalue weighted by Crippen LogP contribution is -2.44. The van der Waals surface area contributed by atoms with Crippen molar-refractivity contribution in [3.63, 3.8) is 0 Å². The molecule has 0 bridgehead atoms. The topological polar surface area (TPSA) is 115 Å². The van der Waals surface area contributed by atoms with Gasteiger partial charge in [0, 0.05) is 32.6 Å². The van der Waals surface area contributed by atoms with E-state index in [1.165, 1.54) is 9.13 Å². The monoisotopic (exact) mass is 457 g/mol. The number of carbonyl (C=O) groups excluding carboxylic acids is 3. The molecule has 4 rings (SSSR count). The number of benzene rings is 1. The van der Waals surface area contributed by atoms with Gasteiger partial charge in [-0.25, -0.2) is 9.59 Å². The number of nitrogens with one attached hydrogen (secondary N) is 2. The SMILES string of the molecule is Cn1c(=O)n(C2CCC(=O)NC2=O)c2cccc(NC3CCN(C(=O)OC(C)(C)C)CC3)c21. The summed E-state index contributed by atoms with van der Waals surface area (Å²) in [6.45, 7) is 6.72. The molecule has 10 heteroatoms. The Bertz CT molecular complexity index is 1150. The largest absolute Gasteiger partial charge is 0.444 e. The van der Waals surface area contributed by atoms with Crippen molar-refractivity contribution < 1.29 is 19.1 Å². The number of rotatable bonds is 3. The average Bonchev–Trinajstić information content (AvgIpc) is 2.99. The first kappa shape index (κ1) is 22.9. The van der Waals surface area contributed by atoms with Gasteiger partial charge < -0.3 is 15.0 Å². The fourth-order valence-corrected chi connectivity index (χ4v) is 4.54. The van der Waals surface area contributed by atoms with E-state index in [9.17, 15) is 19.2 Å². The minimum atomic E-state index is -0.716. The van der Waals surface area contributed by atoms with E-state index in [-0.39, 0.29) is 30.2 Å². The molecule has 2 aromatic rings. The number of ether oxygens (including phenoxy) is 1. The van der Waals surface area contributed by atoms with Gasteiger partial charge in [0.1, 0.15) is 11.6 Å². The third-order valence-electron chi connectivity index (χ3n) is 6.13. The van der Waals surface area contributed by atoms with E-state index in [0.29, 0.717) is 30.5 Å². The number of piperidine rings is 2. The fourth-order valence-electron chi connectivity index (χ4n) is 4.54. The van der Waals surface area contributed by atoms with Crippen LogP contribution in [0.25, 0.3) is 11.0 Å². The summed E-state index contributed by atoms with van der Waals surface area (Å²) in [4.78, 5) is 51.1. The van der Waals surface area contributed by atoms with Crippen LogP contribution in [0.1, 0.15) is 52.5 Å². The first-order valence-electron chi connectivity index (χ1n) is 11.3. The van der Waals surface area contributed by atoms with E-state index in [1.54, 1.807) is 11.9 Å². The van der Waals surface area contributed by atoms with Gasteiger partial charge >= 0.3 is 11.8 Å². The highest BCUT2D eigenvalue weighted by Crippen LogP contribution is 2.29. The highest BCUT2D eigenvalue weighted by Gasteiger charge is 2.32. The highest BCUT2D eigenvalue weighted by molar-refractivity contribution is 6.00. The molecular weight excluding hydrogens is 426 g/mol. The minimum absolute atomic E-state index is 0.128. The maximum absolute atomic E-state index is 13.1. The summed E-state index contributed by atoms with van der Waals surface area (Å²) >= 11 is 0. The van der Waals surface area contributed by atoms with Gasteiger partial charge in [0.25, 0.3) is 0 Å². The lowest BCUT2D eigenvalue weighted by Gasteiger charge is -2.34. The smallest absolute Gasteiger partial charge is 0.410 e. The van der Waals surface area contributed by atoms with Gasteiger partial charge in [0.05, 0.1) is 16.7 Å². The first-order valence-corrected chi connectivity index (χ1v) is 11.3. The van der Waals surface area contributed by atoms with Gasteiger partial charge in [0.2, 0.25) is 11.8 Å². The van der Waals surface area contributed by atoms with Gasteiger partial charge in [-0.15, -0.1) is 0 Å². The van der Waals surface area contributed by atoms with Crippen molar-refractivity contribution in [1.82, 2.24) is 19.4 Å². The van der Waals surface area contributed by atoms with E-state index in [4.69, 9.17) is 4.74 Å². The number of carbonyl (C=O) groups is 3. The molecule has 3 heterocycles. The number of nitrogens with zero attached hydrogens (tertiary/aromatic N) is 3. The molecule has 1 aromatic carbocycles. The number of hydrogen-bond donors (Lipinski definition) is 2. The number of imide groups is 1. The van der Waals surface area contributed by atoms with E-state index < -0.39 is 17.6 Å². The number of aromatic nitrogens is 2. The van der Waals surface area contributed by atoms with Gasteiger partial charge in [-0.05, 0) is 52.2 Å². The molecule has 33 heavy (non-hydrogen) atoms. The van der Waals surface area contributed by atoms with Crippen molar-refractivity contribution in [3.05, 3.63) is 28.7 Å². The van der Waals surface area contributed by atoms with Crippen LogP contribution < -0.4 is 16.3 Å². The number of hydrogen-bond acceptors (Lipinski definition) is 6. The summed E-state index contributed by atoms with van der Waals surface area (Å²) in [5.41, 5.74) is 1.33. The Morgan fingerprint density at radius 1 is 1.12 bits per heavy atom. The number of amides is 3. The Labute approximate surface area is 191 Å². The average molecular weight is 458 g/mol. The number of para-hydroxylation sites is 1. The predicted octanol–water partition coefficient (Wildman–Crippen LogP) is 2.13. The molecule has 1 atom stereocenters. The lowest BCUT2D eigenvalue weighted by atomic mass is 10.0. The summed E-state index contributed by atoms with van der Waals surface area (Å²) < 4.78 is 8.48. The number of aryl methyl sites for hydroxylation is 1. The van der Waals surface area contributed by atoms with Gasteiger partial charge in [-0.3, -0.25) is 24.0 Å². The van der Waals surface area contributed by atoms with Gasteiger partial charge in [-0.1, -0.05) is 6.07 Å². The summed E-state index contributed by atoms with van der Waals surface area (Å²) in [6.07, 6.45) is 1.69. The zero-order valence-electron chi connectivity index (χ0n) is 19.5. The Morgan fingerprint density at radius 3 is 2.45 bits per heavy atom. The van der Waals surface area contributed by atoms with Crippen LogP contribution in [-0.4, -0.2) is 56.7 Å². The highest BCUT2D eigenvalue weighted by atomic mass is 16.6. The Balaban J connectivity index is 1.53. The van der Waals surface area contributed by atoms with Crippen LogP contribution in [0.15, 0.2) is 23.0 Å². The molecule has 0 radical (unpaired) electrons. The zero-order chi connectivity index (χ0) is 23.9. The summed E-state index contributed by atoms with van der Waals surface area (Å²) in [7, 11) is 1.68. The summed E-state index contributed by atoms with van der Waals surface area (Å²) in [5, 5.41) is 5.86. The second-order valence-corrected chi connectivity index (χ2v) is 9.74. The second-order valence-electron chi connectivity index (χ2n) is 9.74. The molecule has 2 fully saturated rings. The van der Waals surface area contributed by atoms with Crippen molar-refractivity contribution in [3.8, 4) is 0 Å². The van der Waals surface area contributed by atoms with Crippen molar-refractivity contribution in [2.75, 3.05) is 18.4 Å². The Kier molecular flexibility index (Phi) is 5.94. The molecule has 0 saturated carbocycles. The van der Waals surface area contributed by atoms with Crippen LogP contribution in [0.3, 0.4) is 0 Å². The third kappa shape index (κ3) is 4.60. The van der Waals surface area contributed by atoms with Crippen molar-refractivity contribution >= 4 is 34.6 Å². The fraction of sp³-hybridized carbons (Fsp3) is 0.565. The normalized spacial score (nSPS) is 20.1. The molecule has 178 valence electrons. The second kappa shape index (κ2) is 8.57. The third-order valence-corrected chi connectivity index (χ3v) is 6.13. The summed E-state index contributed by atoms with van der Waals surface area (Å²) in [5.74, 6) is -0.765. The molecule has 0 spiro atoms. The van der Waals surface area contributed by atoms with Crippen LogP contribution >= 0.6 is 0 Å². The molecular formula is C23H31N5O5. The molecule has 1 aromatic heterocycles. The van der Waals surface area contributed by atoms with E-state index in [2.05, 4.69) is 10.6 Å². The van der Waals surface area contributed by atoms with Crippen molar-refractivity contribution in [2.45, 2.75) is 64.1 Å².